The van der Waals surface area contributed by atoms with Crippen LogP contribution < -0.4 is 9.47 Å². The highest BCUT2D eigenvalue weighted by atomic mass is 16.5. The molecule has 2 heterocycles. The highest BCUT2D eigenvalue weighted by Crippen LogP contribution is 2.40. The van der Waals surface area contributed by atoms with Gasteiger partial charge in [-0.05, 0) is 53.7 Å². The molecule has 4 aromatic rings. The van der Waals surface area contributed by atoms with Gasteiger partial charge in [0, 0.05) is 24.5 Å². The lowest BCUT2D eigenvalue weighted by molar-refractivity contribution is 0.0588. The lowest BCUT2D eigenvalue weighted by atomic mass is 9.91. The van der Waals surface area contributed by atoms with E-state index < -0.39 is 5.97 Å². The van der Waals surface area contributed by atoms with Gasteiger partial charge in [-0.2, -0.15) is 0 Å². The van der Waals surface area contributed by atoms with Gasteiger partial charge in [-0.1, -0.05) is 67.6 Å². The van der Waals surface area contributed by atoms with Crippen molar-refractivity contribution in [1.29, 1.82) is 0 Å². The van der Waals surface area contributed by atoms with Crippen molar-refractivity contribution < 1.29 is 19.0 Å². The van der Waals surface area contributed by atoms with E-state index in [9.17, 15) is 4.79 Å². The van der Waals surface area contributed by atoms with Crippen LogP contribution >= 0.6 is 0 Å². The number of hydrogen-bond acceptors (Lipinski definition) is 5. The smallest absolute Gasteiger partial charge is 0.347 e. The maximum atomic E-state index is 13.2. The fourth-order valence-electron chi connectivity index (χ4n) is 4.91. The summed E-state index contributed by atoms with van der Waals surface area (Å²) in [6.07, 6.45) is 6.66. The van der Waals surface area contributed by atoms with Crippen molar-refractivity contribution in [2.24, 2.45) is 7.05 Å². The molecule has 0 fully saturated rings. The quantitative estimate of drug-likeness (QED) is 0.244. The van der Waals surface area contributed by atoms with E-state index in [1.165, 1.54) is 18.4 Å². The third kappa shape index (κ3) is 5.21. The largest absolute Gasteiger partial charge is 0.487 e. The summed E-state index contributed by atoms with van der Waals surface area (Å²) in [4.78, 5) is 18.1. The summed E-state index contributed by atoms with van der Waals surface area (Å²) in [5, 5.41) is 0. The molecule has 2 aromatic heterocycles. The Morgan fingerprint density at radius 2 is 1.58 bits per heavy atom. The number of rotatable bonds is 9. The molecular weight excluding hydrogens is 476 g/mol. The normalized spacial score (nSPS) is 12.4. The predicted molar refractivity (Wildman–Crippen MR) is 148 cm³/mol. The minimum atomic E-state index is -0.534. The monoisotopic (exact) mass is 508 g/mol. The van der Waals surface area contributed by atoms with Crippen molar-refractivity contribution in [1.82, 2.24) is 9.55 Å². The van der Waals surface area contributed by atoms with Crippen LogP contribution in [0.4, 0.5) is 0 Å². The van der Waals surface area contributed by atoms with Crippen LogP contribution in [-0.4, -0.2) is 22.6 Å². The lowest BCUT2D eigenvalue weighted by Crippen LogP contribution is -2.15. The van der Waals surface area contributed by atoms with Gasteiger partial charge >= 0.3 is 5.97 Å². The molecule has 6 heteroatoms. The second-order valence-corrected chi connectivity index (χ2v) is 9.34. The Hall–Kier alpha value is -4.32. The van der Waals surface area contributed by atoms with Crippen LogP contribution in [0.1, 0.15) is 57.3 Å². The molecule has 0 amide bonds. The van der Waals surface area contributed by atoms with Gasteiger partial charge in [-0.15, -0.1) is 0 Å². The zero-order valence-electron chi connectivity index (χ0n) is 22.1. The Bertz CT molecular complexity index is 1460. The zero-order chi connectivity index (χ0) is 26.5. The van der Waals surface area contributed by atoms with Gasteiger partial charge in [-0.25, -0.2) is 9.78 Å². The number of methoxy groups -OCH3 is 1. The van der Waals surface area contributed by atoms with Crippen LogP contribution in [0.15, 0.2) is 72.9 Å². The number of ether oxygens (including phenoxy) is 3. The third-order valence-corrected chi connectivity index (χ3v) is 6.90. The molecule has 38 heavy (non-hydrogen) atoms. The SMILES string of the molecule is CCc1c(C2=Cc3ccn(C)c3CC2)nc(OCc2ccccc2)c(C(=O)OC)c1OCc1ccccc1. The van der Waals surface area contributed by atoms with Crippen LogP contribution in [0.25, 0.3) is 11.6 Å². The zero-order valence-corrected chi connectivity index (χ0v) is 22.1. The molecular formula is C32H32N2O4. The number of carbonyl (C=O) groups is 1. The molecule has 2 aromatic carbocycles. The van der Waals surface area contributed by atoms with Crippen molar-refractivity contribution >= 4 is 17.6 Å². The predicted octanol–water partition coefficient (Wildman–Crippen LogP) is 6.41. The number of allylic oxidation sites excluding steroid dienone is 1. The van der Waals surface area contributed by atoms with E-state index in [0.29, 0.717) is 18.8 Å². The highest BCUT2D eigenvalue weighted by molar-refractivity contribution is 5.97. The Morgan fingerprint density at radius 3 is 2.21 bits per heavy atom. The summed E-state index contributed by atoms with van der Waals surface area (Å²) in [5.41, 5.74) is 7.47. The van der Waals surface area contributed by atoms with Crippen LogP contribution in [0, 0.1) is 0 Å². The molecule has 0 saturated carbocycles. The summed E-state index contributed by atoms with van der Waals surface area (Å²) < 4.78 is 20.0. The minimum absolute atomic E-state index is 0.218. The Morgan fingerprint density at radius 1 is 0.921 bits per heavy atom. The van der Waals surface area contributed by atoms with E-state index in [1.807, 2.05) is 60.7 Å². The lowest BCUT2D eigenvalue weighted by Gasteiger charge is -2.23. The van der Waals surface area contributed by atoms with E-state index >= 15 is 0 Å². The Balaban J connectivity index is 1.64. The number of benzene rings is 2. The van der Waals surface area contributed by atoms with Crippen LogP contribution in [0.5, 0.6) is 11.6 Å². The molecule has 5 rings (SSSR count). The number of nitrogens with zero attached hydrogens (tertiary/aromatic N) is 2. The first-order valence-corrected chi connectivity index (χ1v) is 12.9. The molecule has 1 aliphatic carbocycles. The maximum Gasteiger partial charge on any atom is 0.347 e. The van der Waals surface area contributed by atoms with Crippen molar-refractivity contribution in [2.45, 2.75) is 39.4 Å². The molecule has 194 valence electrons. The highest BCUT2D eigenvalue weighted by Gasteiger charge is 2.29. The standard InChI is InChI=1S/C32H32N2O4/c1-4-26-29(25-15-16-27-24(19-25)17-18-34(27)2)33-31(38-21-23-13-9-6-10-14-23)28(32(35)36-3)30(26)37-20-22-11-7-5-8-12-22/h5-14,17-19H,4,15-16,20-21H2,1-3H3. The van der Waals surface area contributed by atoms with E-state index in [4.69, 9.17) is 19.2 Å². The topological polar surface area (TPSA) is 62.6 Å². The number of aryl methyl sites for hydroxylation is 1. The van der Waals surface area contributed by atoms with Crippen LogP contribution in [-0.2, 0) is 37.8 Å². The van der Waals surface area contributed by atoms with Crippen molar-refractivity contribution in [3.63, 3.8) is 0 Å². The van der Waals surface area contributed by atoms with Gasteiger partial charge in [0.1, 0.15) is 19.0 Å². The fourth-order valence-corrected chi connectivity index (χ4v) is 4.91. The van der Waals surface area contributed by atoms with E-state index in [0.717, 1.165) is 40.8 Å². The van der Waals surface area contributed by atoms with Crippen molar-refractivity contribution in [3.05, 3.63) is 112 Å². The second kappa shape index (κ2) is 11.4. The average molecular weight is 509 g/mol. The van der Waals surface area contributed by atoms with Gasteiger partial charge in [0.15, 0.2) is 5.56 Å². The van der Waals surface area contributed by atoms with Crippen LogP contribution in [0.3, 0.4) is 0 Å². The molecule has 0 aliphatic heterocycles. The minimum Gasteiger partial charge on any atom is -0.487 e. The molecule has 0 N–H and O–H groups in total. The van der Waals surface area contributed by atoms with Gasteiger partial charge in [0.2, 0.25) is 5.88 Å². The molecule has 0 atom stereocenters. The number of fused-ring (bicyclic) bond motifs is 1. The number of hydrogen-bond donors (Lipinski definition) is 0. The maximum absolute atomic E-state index is 13.2. The summed E-state index contributed by atoms with van der Waals surface area (Å²) >= 11 is 0. The summed E-state index contributed by atoms with van der Waals surface area (Å²) in [6, 6.07) is 21.9. The summed E-state index contributed by atoms with van der Waals surface area (Å²) in [5.74, 6) is 0.152. The molecule has 0 bridgehead atoms. The van der Waals surface area contributed by atoms with E-state index in [2.05, 4.69) is 36.9 Å². The number of aromatic nitrogens is 2. The first-order valence-electron chi connectivity index (χ1n) is 12.9. The van der Waals surface area contributed by atoms with E-state index in [1.54, 1.807) is 0 Å². The van der Waals surface area contributed by atoms with Gasteiger partial charge < -0.3 is 18.8 Å². The van der Waals surface area contributed by atoms with E-state index in [-0.39, 0.29) is 18.1 Å². The number of pyridine rings is 1. The summed E-state index contributed by atoms with van der Waals surface area (Å²) in [7, 11) is 3.44. The van der Waals surface area contributed by atoms with Crippen molar-refractivity contribution in [2.75, 3.05) is 7.11 Å². The van der Waals surface area contributed by atoms with Gasteiger partial charge in [-0.3, -0.25) is 0 Å². The molecule has 0 unspecified atom stereocenters. The van der Waals surface area contributed by atoms with Gasteiger partial charge in [0.25, 0.3) is 0 Å². The second-order valence-electron chi connectivity index (χ2n) is 9.34. The average Bonchev–Trinajstić information content (AvgIpc) is 3.34. The first-order chi connectivity index (χ1) is 18.6. The molecule has 0 radical (unpaired) electrons. The molecule has 6 nitrogen and oxygen atoms in total. The number of esters is 1. The fraction of sp³-hybridized carbons (Fsp3) is 0.250. The molecule has 0 saturated heterocycles. The Labute approximate surface area is 223 Å². The first kappa shape index (κ1) is 25.3. The number of carbonyl (C=O) groups excluding carboxylic acids is 1. The van der Waals surface area contributed by atoms with Crippen molar-refractivity contribution in [3.8, 4) is 11.6 Å². The van der Waals surface area contributed by atoms with Gasteiger partial charge in [0.05, 0.1) is 12.8 Å². The molecule has 0 spiro atoms. The third-order valence-electron chi connectivity index (χ3n) is 6.90. The summed E-state index contributed by atoms with van der Waals surface area (Å²) in [6.45, 7) is 2.63. The molecule has 1 aliphatic rings. The Kier molecular flexibility index (Phi) is 7.59. The van der Waals surface area contributed by atoms with Crippen LogP contribution in [0.2, 0.25) is 0 Å².